The van der Waals surface area contributed by atoms with Crippen LogP contribution in [0, 0.1) is 13.8 Å². The first-order valence-electron chi connectivity index (χ1n) is 9.71. The quantitative estimate of drug-likeness (QED) is 0.866. The Kier molecular flexibility index (Phi) is 5.68. The van der Waals surface area contributed by atoms with E-state index in [1.165, 1.54) is 27.8 Å². The van der Waals surface area contributed by atoms with Gasteiger partial charge in [-0.25, -0.2) is 0 Å². The number of likely N-dealkylation sites (N-methyl/N-ethyl adjacent to an activating group) is 1. The van der Waals surface area contributed by atoms with Crippen LogP contribution in [-0.4, -0.2) is 60.0 Å². The van der Waals surface area contributed by atoms with Gasteiger partial charge in [-0.15, -0.1) is 0 Å². The molecule has 0 spiro atoms. The van der Waals surface area contributed by atoms with Gasteiger partial charge < -0.3 is 15.2 Å². The molecule has 142 valence electrons. The van der Waals surface area contributed by atoms with Crippen molar-refractivity contribution in [1.82, 2.24) is 20.1 Å². The summed E-state index contributed by atoms with van der Waals surface area (Å²) in [5.74, 6) is 0.114. The summed E-state index contributed by atoms with van der Waals surface area (Å²) in [7, 11) is 2.13. The Balaban J connectivity index is 1.72. The molecule has 1 fully saturated rings. The molecule has 0 bridgehead atoms. The molecule has 1 aromatic heterocycles. The summed E-state index contributed by atoms with van der Waals surface area (Å²) in [6, 6.07) is 4.33. The number of fused-ring (bicyclic) bond motifs is 1. The summed E-state index contributed by atoms with van der Waals surface area (Å²) in [6.07, 6.45) is 0.992. The predicted octanol–water partition coefficient (Wildman–Crippen LogP) is 2.60. The lowest BCUT2D eigenvalue weighted by molar-refractivity contribution is -0.126. The minimum Gasteiger partial charge on any atom is -0.358 e. The molecule has 1 aromatic carbocycles. The highest BCUT2D eigenvalue weighted by molar-refractivity contribution is 5.88. The number of hydrogen-bond acceptors (Lipinski definition) is 3. The van der Waals surface area contributed by atoms with Crippen LogP contribution in [0.25, 0.3) is 10.9 Å². The topological polar surface area (TPSA) is 51.4 Å². The minimum atomic E-state index is -0.0828. The van der Waals surface area contributed by atoms with E-state index in [0.29, 0.717) is 6.54 Å². The number of nitrogens with one attached hydrogen (secondary N) is 2. The van der Waals surface area contributed by atoms with Crippen LogP contribution < -0.4 is 5.32 Å². The van der Waals surface area contributed by atoms with E-state index in [4.69, 9.17) is 0 Å². The van der Waals surface area contributed by atoms with Crippen LogP contribution in [0.15, 0.2) is 12.1 Å². The van der Waals surface area contributed by atoms with E-state index in [1.807, 2.05) is 6.92 Å². The Morgan fingerprint density at radius 1 is 1.23 bits per heavy atom. The smallest absolute Gasteiger partial charge is 0.237 e. The molecule has 1 atom stereocenters. The second kappa shape index (κ2) is 7.80. The van der Waals surface area contributed by atoms with Gasteiger partial charge in [0.2, 0.25) is 5.91 Å². The van der Waals surface area contributed by atoms with E-state index in [0.717, 1.165) is 38.1 Å². The fourth-order valence-corrected chi connectivity index (χ4v) is 3.91. The Bertz CT molecular complexity index is 787. The predicted molar refractivity (Wildman–Crippen MR) is 108 cm³/mol. The number of aryl methyl sites for hydroxylation is 3. The summed E-state index contributed by atoms with van der Waals surface area (Å²) in [6.45, 7) is 13.0. The molecule has 3 rings (SSSR count). The number of carbonyl (C=O) groups excluding carboxylic acids is 1. The summed E-state index contributed by atoms with van der Waals surface area (Å²) in [5, 5.41) is 4.44. The van der Waals surface area contributed by atoms with Crippen LogP contribution in [0.2, 0.25) is 0 Å². The monoisotopic (exact) mass is 356 g/mol. The van der Waals surface area contributed by atoms with Gasteiger partial charge in [0.1, 0.15) is 0 Å². The van der Waals surface area contributed by atoms with E-state index in [9.17, 15) is 4.79 Å². The van der Waals surface area contributed by atoms with Gasteiger partial charge >= 0.3 is 0 Å². The highest BCUT2D eigenvalue weighted by atomic mass is 16.2. The Morgan fingerprint density at radius 2 is 1.92 bits per heavy atom. The van der Waals surface area contributed by atoms with Crippen molar-refractivity contribution in [1.29, 1.82) is 0 Å². The molecule has 2 aromatic rings. The third kappa shape index (κ3) is 3.79. The van der Waals surface area contributed by atoms with E-state index in [-0.39, 0.29) is 11.9 Å². The van der Waals surface area contributed by atoms with Crippen LogP contribution in [-0.2, 0) is 17.8 Å². The molecule has 0 saturated carbocycles. The van der Waals surface area contributed by atoms with Crippen molar-refractivity contribution in [2.45, 2.75) is 46.7 Å². The zero-order chi connectivity index (χ0) is 18.8. The van der Waals surface area contributed by atoms with Crippen LogP contribution in [0.1, 0.15) is 36.2 Å². The second-order valence-corrected chi connectivity index (χ2v) is 7.66. The SMILES string of the molecule is CCc1[nH]c2c(CNC(=O)[C@H](C)N3CCN(C)CC3)cc(C)cc2c1C. The summed E-state index contributed by atoms with van der Waals surface area (Å²) >= 11 is 0. The maximum Gasteiger partial charge on any atom is 0.237 e. The van der Waals surface area contributed by atoms with Crippen molar-refractivity contribution in [3.8, 4) is 0 Å². The Hall–Kier alpha value is -1.85. The standard InChI is InChI=1S/C21H32N4O/c1-6-19-15(3)18-12-14(2)11-17(20(18)23-19)13-22-21(26)16(4)25-9-7-24(5)8-10-25/h11-12,16,23H,6-10,13H2,1-5H3,(H,22,26)/t16-/m0/s1. The number of aromatic amines is 1. The first-order valence-corrected chi connectivity index (χ1v) is 9.71. The third-order valence-corrected chi connectivity index (χ3v) is 5.77. The van der Waals surface area contributed by atoms with Crippen molar-refractivity contribution in [2.75, 3.05) is 33.2 Å². The molecular weight excluding hydrogens is 324 g/mol. The number of H-pyrrole nitrogens is 1. The number of amides is 1. The maximum absolute atomic E-state index is 12.7. The number of nitrogens with zero attached hydrogens (tertiary/aromatic N) is 2. The first-order chi connectivity index (χ1) is 12.4. The fraction of sp³-hybridized carbons (Fsp3) is 0.571. The number of carbonyl (C=O) groups is 1. The lowest BCUT2D eigenvalue weighted by atomic mass is 10.0. The van der Waals surface area contributed by atoms with Crippen LogP contribution in [0.4, 0.5) is 0 Å². The van der Waals surface area contributed by atoms with Crippen LogP contribution in [0.3, 0.4) is 0 Å². The summed E-state index contributed by atoms with van der Waals surface area (Å²) < 4.78 is 0. The molecule has 0 aliphatic carbocycles. The summed E-state index contributed by atoms with van der Waals surface area (Å²) in [5.41, 5.74) is 6.17. The molecule has 0 unspecified atom stereocenters. The molecule has 1 saturated heterocycles. The molecule has 0 radical (unpaired) electrons. The average molecular weight is 357 g/mol. The number of rotatable bonds is 5. The van der Waals surface area contributed by atoms with E-state index < -0.39 is 0 Å². The third-order valence-electron chi connectivity index (χ3n) is 5.77. The van der Waals surface area contributed by atoms with Gasteiger partial charge in [0.25, 0.3) is 0 Å². The first kappa shape index (κ1) is 18.9. The van der Waals surface area contributed by atoms with Gasteiger partial charge in [-0.1, -0.05) is 18.6 Å². The van der Waals surface area contributed by atoms with Gasteiger partial charge in [-0.05, 0) is 51.4 Å². The molecule has 2 N–H and O–H groups in total. The zero-order valence-corrected chi connectivity index (χ0v) is 16.8. The molecule has 26 heavy (non-hydrogen) atoms. The van der Waals surface area contributed by atoms with Crippen LogP contribution >= 0.6 is 0 Å². The molecule has 5 heteroatoms. The van der Waals surface area contributed by atoms with E-state index >= 15 is 0 Å². The largest absolute Gasteiger partial charge is 0.358 e. The highest BCUT2D eigenvalue weighted by Gasteiger charge is 2.24. The molecule has 5 nitrogen and oxygen atoms in total. The normalized spacial score (nSPS) is 17.6. The molecule has 2 heterocycles. The van der Waals surface area contributed by atoms with Crippen molar-refractivity contribution in [3.05, 3.63) is 34.5 Å². The number of piperazine rings is 1. The second-order valence-electron chi connectivity index (χ2n) is 7.66. The van der Waals surface area contributed by atoms with Gasteiger partial charge in [-0.3, -0.25) is 9.69 Å². The lowest BCUT2D eigenvalue weighted by Crippen LogP contribution is -2.52. The molecular formula is C21H32N4O. The summed E-state index contributed by atoms with van der Waals surface area (Å²) in [4.78, 5) is 20.8. The number of aromatic nitrogens is 1. The van der Waals surface area contributed by atoms with E-state index in [2.05, 4.69) is 60.1 Å². The minimum absolute atomic E-state index is 0.0828. The van der Waals surface area contributed by atoms with Gasteiger partial charge in [0.15, 0.2) is 0 Å². The van der Waals surface area contributed by atoms with Crippen molar-refractivity contribution in [3.63, 3.8) is 0 Å². The number of hydrogen-bond donors (Lipinski definition) is 2. The average Bonchev–Trinajstić information content (AvgIpc) is 2.95. The van der Waals surface area contributed by atoms with E-state index in [1.54, 1.807) is 0 Å². The molecule has 1 aliphatic rings. The van der Waals surface area contributed by atoms with Gasteiger partial charge in [-0.2, -0.15) is 0 Å². The Morgan fingerprint density at radius 3 is 2.58 bits per heavy atom. The highest BCUT2D eigenvalue weighted by Crippen LogP contribution is 2.26. The van der Waals surface area contributed by atoms with Gasteiger partial charge in [0, 0.05) is 43.8 Å². The lowest BCUT2D eigenvalue weighted by Gasteiger charge is -2.35. The molecule has 1 aliphatic heterocycles. The Labute approximate surface area is 156 Å². The zero-order valence-electron chi connectivity index (χ0n) is 16.8. The fourth-order valence-electron chi connectivity index (χ4n) is 3.91. The maximum atomic E-state index is 12.7. The van der Waals surface area contributed by atoms with Crippen molar-refractivity contribution in [2.24, 2.45) is 0 Å². The number of benzene rings is 1. The van der Waals surface area contributed by atoms with Gasteiger partial charge in [0.05, 0.1) is 11.6 Å². The van der Waals surface area contributed by atoms with Crippen molar-refractivity contribution >= 4 is 16.8 Å². The van der Waals surface area contributed by atoms with Crippen molar-refractivity contribution < 1.29 is 4.79 Å². The van der Waals surface area contributed by atoms with Crippen LogP contribution in [0.5, 0.6) is 0 Å². The molecule has 1 amide bonds.